The van der Waals surface area contributed by atoms with E-state index in [1.165, 1.54) is 6.92 Å². The second kappa shape index (κ2) is 8.33. The Balaban J connectivity index is 2.16. The molecule has 0 fully saturated rings. The highest BCUT2D eigenvalue weighted by Gasteiger charge is 2.19. The number of pyridine rings is 1. The van der Waals surface area contributed by atoms with E-state index in [-0.39, 0.29) is 11.8 Å². The number of hydrogen-bond donors (Lipinski definition) is 2. The summed E-state index contributed by atoms with van der Waals surface area (Å²) in [6.45, 7) is 6.92. The fourth-order valence-corrected chi connectivity index (χ4v) is 2.48. The Morgan fingerprint density at radius 1 is 1.25 bits per heavy atom. The molecule has 0 aliphatic rings. The molecule has 2 N–H and O–H groups in total. The van der Waals surface area contributed by atoms with Gasteiger partial charge < -0.3 is 15.4 Å². The summed E-state index contributed by atoms with van der Waals surface area (Å²) >= 11 is 0. The molecule has 0 atom stereocenters. The summed E-state index contributed by atoms with van der Waals surface area (Å²) < 4.78 is 7.36. The Labute approximate surface area is 141 Å². The highest BCUT2D eigenvalue weighted by Crippen LogP contribution is 2.22. The van der Waals surface area contributed by atoms with Crippen molar-refractivity contribution in [3.05, 3.63) is 29.7 Å². The zero-order valence-electron chi connectivity index (χ0n) is 14.4. The summed E-state index contributed by atoms with van der Waals surface area (Å²) in [7, 11) is 0. The minimum absolute atomic E-state index is 0.0696. The molecule has 7 nitrogen and oxygen atoms in total. The molecule has 2 rings (SSSR count). The third-order valence-corrected chi connectivity index (χ3v) is 3.55. The number of carbonyl (C=O) groups excluding carboxylic acids is 2. The molecule has 24 heavy (non-hydrogen) atoms. The van der Waals surface area contributed by atoms with Crippen molar-refractivity contribution < 1.29 is 14.3 Å². The number of nitrogens with zero attached hydrogens (tertiary/aromatic N) is 2. The van der Waals surface area contributed by atoms with Gasteiger partial charge >= 0.3 is 0 Å². The number of aromatic nitrogens is 2. The van der Waals surface area contributed by atoms with Crippen molar-refractivity contribution in [2.75, 3.05) is 19.7 Å². The summed E-state index contributed by atoms with van der Waals surface area (Å²) in [5.41, 5.74) is 1.93. The smallest absolute Gasteiger partial charge is 0.270 e. The van der Waals surface area contributed by atoms with Crippen LogP contribution < -0.4 is 15.4 Å². The van der Waals surface area contributed by atoms with Gasteiger partial charge in [0.05, 0.1) is 12.3 Å². The van der Waals surface area contributed by atoms with E-state index in [0.717, 1.165) is 5.69 Å². The number of fused-ring (bicyclic) bond motifs is 1. The van der Waals surface area contributed by atoms with E-state index in [0.29, 0.717) is 49.6 Å². The molecule has 7 heteroatoms. The van der Waals surface area contributed by atoms with E-state index in [1.54, 1.807) is 4.40 Å². The van der Waals surface area contributed by atoms with Crippen LogP contribution in [-0.2, 0) is 11.2 Å². The zero-order chi connectivity index (χ0) is 17.5. The van der Waals surface area contributed by atoms with Gasteiger partial charge in [-0.15, -0.1) is 0 Å². The minimum atomic E-state index is -0.171. The quantitative estimate of drug-likeness (QED) is 0.718. The monoisotopic (exact) mass is 332 g/mol. The zero-order valence-corrected chi connectivity index (χ0v) is 14.4. The van der Waals surface area contributed by atoms with Gasteiger partial charge in [-0.3, -0.25) is 14.0 Å². The summed E-state index contributed by atoms with van der Waals surface area (Å²) in [5.74, 6) is 0.426. The van der Waals surface area contributed by atoms with E-state index in [1.807, 2.05) is 32.2 Å². The number of hydrogen-bond acceptors (Lipinski definition) is 4. The highest BCUT2D eigenvalue weighted by molar-refractivity contribution is 5.95. The summed E-state index contributed by atoms with van der Waals surface area (Å²) in [5, 5.41) is 5.59. The van der Waals surface area contributed by atoms with Crippen LogP contribution in [0.1, 0.15) is 43.4 Å². The first-order chi connectivity index (χ1) is 11.6. The van der Waals surface area contributed by atoms with Crippen molar-refractivity contribution in [3.8, 4) is 5.75 Å². The van der Waals surface area contributed by atoms with Crippen LogP contribution in [0.3, 0.4) is 0 Å². The van der Waals surface area contributed by atoms with Gasteiger partial charge in [-0.1, -0.05) is 6.92 Å². The second-order valence-electron chi connectivity index (χ2n) is 5.35. The lowest BCUT2D eigenvalue weighted by Crippen LogP contribution is -2.30. The van der Waals surface area contributed by atoms with Gasteiger partial charge in [-0.2, -0.15) is 0 Å². The van der Waals surface area contributed by atoms with Gasteiger partial charge in [-0.25, -0.2) is 4.98 Å². The molecule has 0 saturated heterocycles. The maximum absolute atomic E-state index is 12.6. The van der Waals surface area contributed by atoms with Crippen LogP contribution in [-0.4, -0.2) is 40.9 Å². The standard InChI is InChI=1S/C17H24N4O3/c1-4-13-15(17(23)19-10-7-9-18-12(3)22)21-11-6-8-14(24-5-2)16(21)20-13/h6,8,11H,4-5,7,9-10H2,1-3H3,(H,18,22)(H,19,23). The molecule has 0 radical (unpaired) electrons. The molecule has 2 aromatic rings. The minimum Gasteiger partial charge on any atom is -0.490 e. The molecular formula is C17H24N4O3. The summed E-state index contributed by atoms with van der Waals surface area (Å²) in [4.78, 5) is 27.9. The molecule has 2 aromatic heterocycles. The van der Waals surface area contributed by atoms with Gasteiger partial charge in [0.15, 0.2) is 11.4 Å². The number of nitrogens with one attached hydrogen (secondary N) is 2. The molecule has 130 valence electrons. The first-order valence-electron chi connectivity index (χ1n) is 8.23. The predicted octanol–water partition coefficient (Wildman–Crippen LogP) is 1.55. The molecule has 0 aliphatic carbocycles. The van der Waals surface area contributed by atoms with Gasteiger partial charge in [0.25, 0.3) is 5.91 Å². The number of imidazole rings is 1. The van der Waals surface area contributed by atoms with Crippen molar-refractivity contribution in [2.45, 2.75) is 33.6 Å². The highest BCUT2D eigenvalue weighted by atomic mass is 16.5. The molecule has 0 spiro atoms. The Morgan fingerprint density at radius 2 is 2.00 bits per heavy atom. The molecule has 0 unspecified atom stereocenters. The van der Waals surface area contributed by atoms with Crippen LogP contribution in [0.4, 0.5) is 0 Å². The molecule has 0 saturated carbocycles. The number of aryl methyl sites for hydroxylation is 1. The van der Waals surface area contributed by atoms with Crippen LogP contribution in [0.5, 0.6) is 5.75 Å². The Kier molecular flexibility index (Phi) is 6.17. The largest absolute Gasteiger partial charge is 0.490 e. The Bertz CT molecular complexity index is 724. The average Bonchev–Trinajstić information content (AvgIpc) is 2.94. The number of rotatable bonds is 8. The summed E-state index contributed by atoms with van der Waals surface area (Å²) in [6, 6.07) is 3.69. The van der Waals surface area contributed by atoms with Crippen molar-refractivity contribution in [2.24, 2.45) is 0 Å². The van der Waals surface area contributed by atoms with Crippen molar-refractivity contribution in [1.29, 1.82) is 0 Å². The first-order valence-corrected chi connectivity index (χ1v) is 8.23. The molecular weight excluding hydrogens is 308 g/mol. The van der Waals surface area contributed by atoms with E-state index >= 15 is 0 Å². The lowest BCUT2D eigenvalue weighted by molar-refractivity contribution is -0.118. The third-order valence-electron chi connectivity index (χ3n) is 3.55. The number of amides is 2. The van der Waals surface area contributed by atoms with Gasteiger partial charge in [0.2, 0.25) is 5.91 Å². The maximum atomic E-state index is 12.6. The number of carbonyl (C=O) groups is 2. The second-order valence-corrected chi connectivity index (χ2v) is 5.35. The van der Waals surface area contributed by atoms with E-state index in [2.05, 4.69) is 15.6 Å². The fraction of sp³-hybridized carbons (Fsp3) is 0.471. The predicted molar refractivity (Wildman–Crippen MR) is 91.4 cm³/mol. The summed E-state index contributed by atoms with van der Waals surface area (Å²) in [6.07, 6.45) is 3.14. The Morgan fingerprint density at radius 3 is 2.67 bits per heavy atom. The van der Waals surface area contributed by atoms with Crippen LogP contribution in [0.25, 0.3) is 5.65 Å². The topological polar surface area (TPSA) is 84.7 Å². The molecule has 0 aliphatic heterocycles. The molecule has 2 amide bonds. The van der Waals surface area contributed by atoms with Crippen LogP contribution in [0.2, 0.25) is 0 Å². The lowest BCUT2D eigenvalue weighted by Gasteiger charge is -2.08. The third kappa shape index (κ3) is 4.04. The molecule has 0 aromatic carbocycles. The maximum Gasteiger partial charge on any atom is 0.270 e. The SMILES string of the molecule is CCOc1cccn2c(C(=O)NCCCNC(C)=O)c(CC)nc12. The van der Waals surface area contributed by atoms with E-state index < -0.39 is 0 Å². The van der Waals surface area contributed by atoms with Gasteiger partial charge in [0.1, 0.15) is 5.69 Å². The fourth-order valence-electron chi connectivity index (χ4n) is 2.48. The lowest BCUT2D eigenvalue weighted by atomic mass is 10.2. The van der Waals surface area contributed by atoms with E-state index in [9.17, 15) is 9.59 Å². The van der Waals surface area contributed by atoms with E-state index in [4.69, 9.17) is 4.74 Å². The first kappa shape index (κ1) is 17.8. The number of ether oxygens (including phenoxy) is 1. The van der Waals surface area contributed by atoms with Crippen LogP contribution >= 0.6 is 0 Å². The molecule has 0 bridgehead atoms. The molecule has 2 heterocycles. The van der Waals surface area contributed by atoms with Crippen LogP contribution in [0.15, 0.2) is 18.3 Å². The van der Waals surface area contributed by atoms with Crippen molar-refractivity contribution in [3.63, 3.8) is 0 Å². The van der Waals surface area contributed by atoms with Crippen LogP contribution in [0, 0.1) is 0 Å². The Hall–Kier alpha value is -2.57. The normalized spacial score (nSPS) is 10.6. The van der Waals surface area contributed by atoms with Crippen molar-refractivity contribution >= 4 is 17.5 Å². The van der Waals surface area contributed by atoms with Gasteiger partial charge in [-0.05, 0) is 31.9 Å². The van der Waals surface area contributed by atoms with Gasteiger partial charge in [0, 0.05) is 26.2 Å². The average molecular weight is 332 g/mol. The van der Waals surface area contributed by atoms with Crippen molar-refractivity contribution in [1.82, 2.24) is 20.0 Å².